The first-order valence-electron chi connectivity index (χ1n) is 7.06. The van der Waals surface area contributed by atoms with Crippen LogP contribution in [0.1, 0.15) is 30.9 Å². The van der Waals surface area contributed by atoms with Gasteiger partial charge in [0.1, 0.15) is 0 Å². The van der Waals surface area contributed by atoms with Gasteiger partial charge in [-0.2, -0.15) is 0 Å². The van der Waals surface area contributed by atoms with Gasteiger partial charge in [0.2, 0.25) is 0 Å². The van der Waals surface area contributed by atoms with Gasteiger partial charge in [-0.25, -0.2) is 4.79 Å². The fourth-order valence-electron chi connectivity index (χ4n) is 2.34. The van der Waals surface area contributed by atoms with Crippen molar-refractivity contribution in [1.82, 2.24) is 10.6 Å². The van der Waals surface area contributed by atoms with Crippen LogP contribution in [0.25, 0.3) is 0 Å². The lowest BCUT2D eigenvalue weighted by Crippen LogP contribution is -2.45. The van der Waals surface area contributed by atoms with Gasteiger partial charge in [-0.3, -0.25) is 4.79 Å². The molecule has 6 nitrogen and oxygen atoms in total. The number of carboxylic acids is 1. The Morgan fingerprint density at radius 2 is 1.90 bits per heavy atom. The molecule has 1 aromatic rings. The van der Waals surface area contributed by atoms with Crippen molar-refractivity contribution in [1.29, 1.82) is 0 Å². The summed E-state index contributed by atoms with van der Waals surface area (Å²) in [7, 11) is 0. The van der Waals surface area contributed by atoms with Gasteiger partial charge in [-0.15, -0.1) is 0 Å². The van der Waals surface area contributed by atoms with Crippen LogP contribution in [0, 0.1) is 0 Å². The van der Waals surface area contributed by atoms with Crippen LogP contribution in [0.3, 0.4) is 0 Å². The van der Waals surface area contributed by atoms with Gasteiger partial charge >= 0.3 is 12.0 Å². The third-order valence-electron chi connectivity index (χ3n) is 3.44. The molecule has 1 aliphatic heterocycles. The summed E-state index contributed by atoms with van der Waals surface area (Å²) in [5, 5.41) is 14.6. The maximum atomic E-state index is 12.0. The Bertz CT molecular complexity index is 472. The van der Waals surface area contributed by atoms with Crippen molar-refractivity contribution in [2.24, 2.45) is 0 Å². The first kappa shape index (κ1) is 15.3. The van der Waals surface area contributed by atoms with Gasteiger partial charge in [0.15, 0.2) is 0 Å². The van der Waals surface area contributed by atoms with Crippen molar-refractivity contribution >= 4 is 12.0 Å². The van der Waals surface area contributed by atoms with Crippen LogP contribution < -0.4 is 10.6 Å². The van der Waals surface area contributed by atoms with Crippen molar-refractivity contribution in [3.63, 3.8) is 0 Å². The second-order valence-corrected chi connectivity index (χ2v) is 5.07. The third-order valence-corrected chi connectivity index (χ3v) is 3.44. The van der Waals surface area contributed by atoms with Crippen molar-refractivity contribution < 1.29 is 19.4 Å². The highest BCUT2D eigenvalue weighted by Crippen LogP contribution is 2.16. The van der Waals surface area contributed by atoms with Crippen molar-refractivity contribution in [3.8, 4) is 0 Å². The number of amides is 2. The highest BCUT2D eigenvalue weighted by atomic mass is 16.5. The van der Waals surface area contributed by atoms with Gasteiger partial charge in [0.05, 0.1) is 12.5 Å². The largest absolute Gasteiger partial charge is 0.481 e. The summed E-state index contributed by atoms with van der Waals surface area (Å²) in [5.74, 6) is -0.949. The molecule has 6 heteroatoms. The Morgan fingerprint density at radius 1 is 1.24 bits per heavy atom. The molecule has 1 heterocycles. The molecule has 2 rings (SSSR count). The molecule has 1 saturated heterocycles. The number of carbonyl (C=O) groups excluding carboxylic acids is 1. The van der Waals surface area contributed by atoms with Crippen LogP contribution in [0.15, 0.2) is 30.3 Å². The van der Waals surface area contributed by atoms with E-state index in [1.165, 1.54) is 0 Å². The number of hydrogen-bond acceptors (Lipinski definition) is 3. The lowest BCUT2D eigenvalue weighted by atomic mass is 10.0. The molecular formula is C15H20N2O4. The van der Waals surface area contributed by atoms with Crippen LogP contribution in [-0.2, 0) is 9.53 Å². The smallest absolute Gasteiger partial charge is 0.315 e. The second kappa shape index (κ2) is 7.64. The van der Waals surface area contributed by atoms with Crippen molar-refractivity contribution in [2.75, 3.05) is 13.2 Å². The van der Waals surface area contributed by atoms with Gasteiger partial charge in [0.25, 0.3) is 0 Å². The molecule has 0 aromatic heterocycles. The van der Waals surface area contributed by atoms with Crippen LogP contribution in [0.2, 0.25) is 0 Å². The molecule has 1 unspecified atom stereocenters. The topological polar surface area (TPSA) is 87.7 Å². The molecule has 21 heavy (non-hydrogen) atoms. The number of hydrogen-bond donors (Lipinski definition) is 3. The Hall–Kier alpha value is -2.08. The third kappa shape index (κ3) is 5.07. The minimum Gasteiger partial charge on any atom is -0.481 e. The number of ether oxygens (including phenoxy) is 1. The summed E-state index contributed by atoms with van der Waals surface area (Å²) in [6.45, 7) is 1.28. The molecule has 114 valence electrons. The zero-order valence-electron chi connectivity index (χ0n) is 11.7. The van der Waals surface area contributed by atoms with E-state index < -0.39 is 12.0 Å². The molecule has 1 aliphatic rings. The molecule has 1 atom stereocenters. The first-order valence-corrected chi connectivity index (χ1v) is 7.06. The fraction of sp³-hybridized carbons (Fsp3) is 0.467. The molecule has 3 N–H and O–H groups in total. The van der Waals surface area contributed by atoms with E-state index in [9.17, 15) is 9.59 Å². The molecule has 1 aromatic carbocycles. The maximum Gasteiger partial charge on any atom is 0.315 e. The van der Waals surface area contributed by atoms with E-state index >= 15 is 0 Å². The minimum atomic E-state index is -0.949. The predicted molar refractivity (Wildman–Crippen MR) is 76.9 cm³/mol. The van der Waals surface area contributed by atoms with E-state index in [0.29, 0.717) is 13.2 Å². The van der Waals surface area contributed by atoms with Crippen LogP contribution >= 0.6 is 0 Å². The first-order chi connectivity index (χ1) is 10.1. The fourth-order valence-corrected chi connectivity index (χ4v) is 2.34. The van der Waals surface area contributed by atoms with Crippen LogP contribution in [0.4, 0.5) is 4.79 Å². The Balaban J connectivity index is 1.94. The van der Waals surface area contributed by atoms with Crippen LogP contribution in [-0.4, -0.2) is 36.4 Å². The molecule has 2 amide bonds. The number of aliphatic carboxylic acids is 1. The van der Waals surface area contributed by atoms with Gasteiger partial charge < -0.3 is 20.5 Å². The van der Waals surface area contributed by atoms with E-state index in [-0.39, 0.29) is 18.5 Å². The molecule has 0 aliphatic carbocycles. The highest BCUT2D eigenvalue weighted by molar-refractivity contribution is 5.76. The molecule has 1 fully saturated rings. The highest BCUT2D eigenvalue weighted by Gasteiger charge is 2.20. The summed E-state index contributed by atoms with van der Waals surface area (Å²) in [6.07, 6.45) is 1.41. The summed E-state index contributed by atoms with van der Waals surface area (Å²) in [6, 6.07) is 8.32. The lowest BCUT2D eigenvalue weighted by molar-refractivity contribution is -0.137. The summed E-state index contributed by atoms with van der Waals surface area (Å²) in [4.78, 5) is 23.0. The van der Waals surface area contributed by atoms with E-state index in [1.54, 1.807) is 0 Å². The lowest BCUT2D eigenvalue weighted by Gasteiger charge is -2.25. The number of carbonyl (C=O) groups is 2. The van der Waals surface area contributed by atoms with Crippen molar-refractivity contribution in [2.45, 2.75) is 31.3 Å². The average molecular weight is 292 g/mol. The number of nitrogens with one attached hydrogen (secondary N) is 2. The van der Waals surface area contributed by atoms with Crippen LogP contribution in [0.5, 0.6) is 0 Å². The number of rotatable bonds is 5. The maximum absolute atomic E-state index is 12.0. The monoisotopic (exact) mass is 292 g/mol. The zero-order chi connectivity index (χ0) is 15.1. The molecule has 0 saturated carbocycles. The van der Waals surface area contributed by atoms with E-state index in [0.717, 1.165) is 18.4 Å². The van der Waals surface area contributed by atoms with Crippen molar-refractivity contribution in [3.05, 3.63) is 35.9 Å². The number of benzene rings is 1. The molecular weight excluding hydrogens is 272 g/mol. The van der Waals surface area contributed by atoms with E-state index in [2.05, 4.69) is 10.6 Å². The Labute approximate surface area is 123 Å². The van der Waals surface area contributed by atoms with Gasteiger partial charge in [0, 0.05) is 19.3 Å². The molecule has 0 bridgehead atoms. The number of urea groups is 1. The summed E-state index contributed by atoms with van der Waals surface area (Å²) < 4.78 is 5.23. The number of carboxylic acid groups (broad SMARTS) is 1. The quantitative estimate of drug-likeness (QED) is 0.770. The van der Waals surface area contributed by atoms with E-state index in [1.807, 2.05) is 30.3 Å². The minimum absolute atomic E-state index is 0.0833. The standard InChI is InChI=1S/C15H20N2O4/c18-14(19)10-13(11-4-2-1-3-5-11)17-15(20)16-12-6-8-21-9-7-12/h1-5,12-13H,6-10H2,(H,18,19)(H2,16,17,20). The summed E-state index contributed by atoms with van der Waals surface area (Å²) in [5.41, 5.74) is 0.780. The summed E-state index contributed by atoms with van der Waals surface area (Å²) >= 11 is 0. The normalized spacial score (nSPS) is 17.0. The average Bonchev–Trinajstić information content (AvgIpc) is 2.48. The van der Waals surface area contributed by atoms with Gasteiger partial charge in [-0.05, 0) is 18.4 Å². The second-order valence-electron chi connectivity index (χ2n) is 5.07. The SMILES string of the molecule is O=C(O)CC(NC(=O)NC1CCOCC1)c1ccccc1. The zero-order valence-corrected chi connectivity index (χ0v) is 11.7. The molecule has 0 radical (unpaired) electrons. The van der Waals surface area contributed by atoms with Gasteiger partial charge in [-0.1, -0.05) is 30.3 Å². The molecule has 0 spiro atoms. The Morgan fingerprint density at radius 3 is 2.52 bits per heavy atom. The predicted octanol–water partition coefficient (Wildman–Crippen LogP) is 1.68. The Kier molecular flexibility index (Phi) is 5.57. The van der Waals surface area contributed by atoms with E-state index in [4.69, 9.17) is 9.84 Å².